The van der Waals surface area contributed by atoms with E-state index in [1.54, 1.807) is 0 Å². The predicted molar refractivity (Wildman–Crippen MR) is 66.7 cm³/mol. The van der Waals surface area contributed by atoms with E-state index in [1.807, 2.05) is 6.92 Å². The first kappa shape index (κ1) is 15.2. The molecule has 1 aromatic rings. The van der Waals surface area contributed by atoms with Crippen LogP contribution >= 0.6 is 0 Å². The lowest BCUT2D eigenvalue weighted by Gasteiger charge is -2.14. The van der Waals surface area contributed by atoms with Crippen molar-refractivity contribution in [2.75, 3.05) is 18.9 Å². The number of hydrogen-bond donors (Lipinski definition) is 1. The Labute approximate surface area is 108 Å². The fraction of sp³-hybridized carbons (Fsp3) is 0.500. The van der Waals surface area contributed by atoms with Crippen LogP contribution in [0.25, 0.3) is 0 Å². The Morgan fingerprint density at radius 3 is 2.78 bits per heavy atom. The van der Waals surface area contributed by atoms with Gasteiger partial charge in [0.2, 0.25) is 0 Å². The van der Waals surface area contributed by atoms with Gasteiger partial charge in [0.1, 0.15) is 11.6 Å². The fourth-order valence-electron chi connectivity index (χ4n) is 1.51. The Hall–Kier alpha value is -0.850. The van der Waals surface area contributed by atoms with Gasteiger partial charge in [-0.25, -0.2) is 8.78 Å². The molecule has 0 fully saturated rings. The molecule has 0 saturated carbocycles. The zero-order valence-corrected chi connectivity index (χ0v) is 11.0. The zero-order chi connectivity index (χ0) is 13.5. The molecule has 1 rings (SSSR count). The number of ether oxygens (including phenoxy) is 1. The van der Waals surface area contributed by atoms with Crippen LogP contribution in [-0.4, -0.2) is 29.2 Å². The second-order valence-corrected chi connectivity index (χ2v) is 5.27. The molecule has 6 heteroatoms. The average molecular weight is 277 g/mol. The van der Waals surface area contributed by atoms with Gasteiger partial charge in [-0.15, -0.1) is 0 Å². The van der Waals surface area contributed by atoms with E-state index in [9.17, 15) is 13.0 Å². The second kappa shape index (κ2) is 7.56. The highest BCUT2D eigenvalue weighted by molar-refractivity contribution is 7.85. The highest BCUT2D eigenvalue weighted by atomic mass is 32.2. The van der Waals surface area contributed by atoms with Gasteiger partial charge >= 0.3 is 0 Å². The molecule has 0 radical (unpaired) electrons. The van der Waals surface area contributed by atoms with E-state index >= 15 is 0 Å². The summed E-state index contributed by atoms with van der Waals surface area (Å²) < 4.78 is 43.5. The number of halogens is 2. The molecule has 1 aromatic carbocycles. The third kappa shape index (κ3) is 4.44. The fourth-order valence-corrected chi connectivity index (χ4v) is 2.73. The minimum absolute atomic E-state index is 0.109. The van der Waals surface area contributed by atoms with E-state index in [-0.39, 0.29) is 16.8 Å². The first-order chi connectivity index (χ1) is 8.58. The minimum atomic E-state index is -1.58. The van der Waals surface area contributed by atoms with Crippen molar-refractivity contribution in [1.29, 1.82) is 0 Å². The topological polar surface area (TPSA) is 52.3 Å². The highest BCUT2D eigenvalue weighted by Gasteiger charge is 2.14. The number of hydrogen-bond acceptors (Lipinski definition) is 3. The maximum absolute atomic E-state index is 13.4. The van der Waals surface area contributed by atoms with Crippen LogP contribution in [0.2, 0.25) is 0 Å². The standard InChI is InChI=1S/C12H17F2NO2S/c1-2-17-10(8-15)5-6-18(16)12-7-9(13)3-4-11(12)14/h3-4,7,10H,2,5-6,8,15H2,1H3. The Morgan fingerprint density at radius 1 is 1.44 bits per heavy atom. The van der Waals surface area contributed by atoms with Crippen molar-refractivity contribution in [3.8, 4) is 0 Å². The van der Waals surface area contributed by atoms with E-state index in [2.05, 4.69) is 0 Å². The van der Waals surface area contributed by atoms with Crippen LogP contribution in [0.4, 0.5) is 8.78 Å². The van der Waals surface area contributed by atoms with E-state index in [0.717, 1.165) is 18.2 Å². The van der Waals surface area contributed by atoms with Crippen LogP contribution in [0.3, 0.4) is 0 Å². The van der Waals surface area contributed by atoms with Crippen molar-refractivity contribution in [1.82, 2.24) is 0 Å². The van der Waals surface area contributed by atoms with Crippen molar-refractivity contribution in [3.63, 3.8) is 0 Å². The number of rotatable bonds is 7. The molecule has 0 heterocycles. The lowest BCUT2D eigenvalue weighted by atomic mass is 10.3. The molecule has 2 N–H and O–H groups in total. The maximum atomic E-state index is 13.4. The maximum Gasteiger partial charge on any atom is 0.139 e. The van der Waals surface area contributed by atoms with Gasteiger partial charge in [0.25, 0.3) is 0 Å². The Morgan fingerprint density at radius 2 is 2.17 bits per heavy atom. The van der Waals surface area contributed by atoms with Gasteiger partial charge in [-0.1, -0.05) is 0 Å². The molecule has 0 aromatic heterocycles. The Balaban J connectivity index is 2.62. The number of benzene rings is 1. The highest BCUT2D eigenvalue weighted by Crippen LogP contribution is 2.15. The Kier molecular flexibility index (Phi) is 6.38. The summed E-state index contributed by atoms with van der Waals surface area (Å²) in [5.74, 6) is -1.06. The first-order valence-electron chi connectivity index (χ1n) is 5.73. The summed E-state index contributed by atoms with van der Waals surface area (Å²) >= 11 is 0. The Bertz CT molecular complexity index is 415. The van der Waals surface area contributed by atoms with Crippen molar-refractivity contribution in [2.24, 2.45) is 5.73 Å². The molecule has 0 aliphatic rings. The minimum Gasteiger partial charge on any atom is -0.377 e. The molecule has 3 nitrogen and oxygen atoms in total. The van der Waals surface area contributed by atoms with Gasteiger partial charge in [0.15, 0.2) is 0 Å². The largest absolute Gasteiger partial charge is 0.377 e. The quantitative estimate of drug-likeness (QED) is 0.827. The van der Waals surface area contributed by atoms with Gasteiger partial charge < -0.3 is 10.5 Å². The van der Waals surface area contributed by atoms with Gasteiger partial charge in [-0.3, -0.25) is 4.21 Å². The molecule has 0 aliphatic carbocycles. The first-order valence-corrected chi connectivity index (χ1v) is 7.05. The van der Waals surface area contributed by atoms with Crippen molar-refractivity contribution >= 4 is 10.8 Å². The molecule has 0 saturated heterocycles. The number of nitrogens with two attached hydrogens (primary N) is 1. The summed E-state index contributed by atoms with van der Waals surface area (Å²) in [6.45, 7) is 2.67. The molecular weight excluding hydrogens is 260 g/mol. The molecule has 0 spiro atoms. The molecular formula is C12H17F2NO2S. The second-order valence-electron chi connectivity index (χ2n) is 3.73. The zero-order valence-electron chi connectivity index (χ0n) is 10.2. The van der Waals surface area contributed by atoms with Gasteiger partial charge in [-0.2, -0.15) is 0 Å². The lowest BCUT2D eigenvalue weighted by molar-refractivity contribution is 0.0672. The molecule has 0 aliphatic heterocycles. The van der Waals surface area contributed by atoms with Crippen molar-refractivity contribution < 1.29 is 17.7 Å². The van der Waals surface area contributed by atoms with E-state index in [1.165, 1.54) is 0 Å². The summed E-state index contributed by atoms with van der Waals surface area (Å²) in [6, 6.07) is 2.94. The summed E-state index contributed by atoms with van der Waals surface area (Å²) in [6.07, 6.45) is 0.253. The van der Waals surface area contributed by atoms with Gasteiger partial charge in [0.05, 0.1) is 21.8 Å². The molecule has 2 atom stereocenters. The summed E-state index contributed by atoms with van der Waals surface area (Å²) in [7, 11) is -1.58. The lowest BCUT2D eigenvalue weighted by Crippen LogP contribution is -2.25. The van der Waals surface area contributed by atoms with Gasteiger partial charge in [0, 0.05) is 18.9 Å². The van der Waals surface area contributed by atoms with Crippen LogP contribution in [-0.2, 0) is 15.5 Å². The summed E-state index contributed by atoms with van der Waals surface area (Å²) in [5, 5.41) is 0. The molecule has 0 bridgehead atoms. The third-order valence-electron chi connectivity index (χ3n) is 2.43. The molecule has 18 heavy (non-hydrogen) atoms. The van der Waals surface area contributed by atoms with E-state index < -0.39 is 22.4 Å². The van der Waals surface area contributed by atoms with Crippen LogP contribution < -0.4 is 5.73 Å². The van der Waals surface area contributed by atoms with Crippen LogP contribution in [0.5, 0.6) is 0 Å². The molecule has 102 valence electrons. The van der Waals surface area contributed by atoms with E-state index in [4.69, 9.17) is 10.5 Å². The van der Waals surface area contributed by atoms with E-state index in [0.29, 0.717) is 19.6 Å². The normalized spacial score (nSPS) is 14.4. The average Bonchev–Trinajstić information content (AvgIpc) is 2.37. The monoisotopic (exact) mass is 277 g/mol. The predicted octanol–water partition coefficient (Wildman–Crippen LogP) is 1.83. The van der Waals surface area contributed by atoms with Crippen LogP contribution in [0, 0.1) is 11.6 Å². The molecule has 2 unspecified atom stereocenters. The SMILES string of the molecule is CCOC(CN)CCS(=O)c1cc(F)ccc1F. The summed E-state index contributed by atoms with van der Waals surface area (Å²) in [5.41, 5.74) is 5.48. The van der Waals surface area contributed by atoms with Gasteiger partial charge in [-0.05, 0) is 31.5 Å². The summed E-state index contributed by atoms with van der Waals surface area (Å²) in [4.78, 5) is -0.109. The van der Waals surface area contributed by atoms with Crippen LogP contribution in [0.1, 0.15) is 13.3 Å². The third-order valence-corrected chi connectivity index (χ3v) is 3.84. The smallest absolute Gasteiger partial charge is 0.139 e. The molecule has 0 amide bonds. The van der Waals surface area contributed by atoms with Crippen molar-refractivity contribution in [3.05, 3.63) is 29.8 Å². The van der Waals surface area contributed by atoms with Crippen molar-refractivity contribution in [2.45, 2.75) is 24.3 Å². The van der Waals surface area contributed by atoms with Crippen LogP contribution in [0.15, 0.2) is 23.1 Å².